The highest BCUT2D eigenvalue weighted by molar-refractivity contribution is 8.00. The van der Waals surface area contributed by atoms with Crippen LogP contribution in [0, 0.1) is 0 Å². The highest BCUT2D eigenvalue weighted by atomic mass is 32.2. The van der Waals surface area contributed by atoms with E-state index in [1.54, 1.807) is 4.68 Å². The van der Waals surface area contributed by atoms with E-state index >= 15 is 0 Å². The average Bonchev–Trinajstić information content (AvgIpc) is 3.16. The predicted octanol–water partition coefficient (Wildman–Crippen LogP) is 0.432. The van der Waals surface area contributed by atoms with E-state index in [1.165, 1.54) is 24.6 Å². The highest BCUT2D eigenvalue weighted by Crippen LogP contribution is 2.20. The quantitative estimate of drug-likeness (QED) is 0.643. The van der Waals surface area contributed by atoms with Crippen LogP contribution in [-0.2, 0) is 11.3 Å². The van der Waals surface area contributed by atoms with Crippen LogP contribution in [0.4, 0.5) is 0 Å². The summed E-state index contributed by atoms with van der Waals surface area (Å²) in [6.45, 7) is 6.21. The van der Waals surface area contributed by atoms with Gasteiger partial charge >= 0.3 is 0 Å². The molecule has 1 aromatic heterocycles. The van der Waals surface area contributed by atoms with Crippen molar-refractivity contribution in [3.05, 3.63) is 0 Å². The zero-order valence-corrected chi connectivity index (χ0v) is 12.8. The Balaban J connectivity index is 1.78. The van der Waals surface area contributed by atoms with Gasteiger partial charge in [0, 0.05) is 19.1 Å². The van der Waals surface area contributed by atoms with E-state index in [0.717, 1.165) is 19.5 Å². The van der Waals surface area contributed by atoms with Crippen LogP contribution >= 0.6 is 11.8 Å². The van der Waals surface area contributed by atoms with Crippen LogP contribution in [0.15, 0.2) is 5.16 Å². The van der Waals surface area contributed by atoms with Gasteiger partial charge in [-0.2, -0.15) is 0 Å². The molecule has 1 atom stereocenters. The van der Waals surface area contributed by atoms with E-state index in [9.17, 15) is 4.79 Å². The lowest BCUT2D eigenvalue weighted by Gasteiger charge is -2.11. The molecule has 1 heterocycles. The average molecular weight is 298 g/mol. The maximum atomic E-state index is 11.8. The summed E-state index contributed by atoms with van der Waals surface area (Å²) in [5, 5.41) is 18.5. The molecule has 1 amide bonds. The van der Waals surface area contributed by atoms with E-state index in [0.29, 0.717) is 17.7 Å². The standard InChI is InChI=1S/C12H22N6OS/c1-3-6-14-11(19)9(2)20-12-15-16-17-18(12)8-7-13-10-4-5-10/h9-10,13H,3-8H2,1-2H3,(H,14,19). The molecule has 1 aliphatic carbocycles. The smallest absolute Gasteiger partial charge is 0.233 e. The monoisotopic (exact) mass is 298 g/mol. The van der Waals surface area contributed by atoms with Crippen LogP contribution in [0.5, 0.6) is 0 Å². The predicted molar refractivity (Wildman–Crippen MR) is 77.5 cm³/mol. The number of carbonyl (C=O) groups is 1. The van der Waals surface area contributed by atoms with Crippen molar-refractivity contribution in [1.82, 2.24) is 30.8 Å². The number of carbonyl (C=O) groups excluding carboxylic acids is 1. The van der Waals surface area contributed by atoms with Gasteiger partial charge in [-0.1, -0.05) is 18.7 Å². The molecule has 2 rings (SSSR count). The molecule has 0 radical (unpaired) electrons. The minimum Gasteiger partial charge on any atom is -0.355 e. The second-order valence-electron chi connectivity index (χ2n) is 4.96. The summed E-state index contributed by atoms with van der Waals surface area (Å²) in [6.07, 6.45) is 3.48. The molecular weight excluding hydrogens is 276 g/mol. The summed E-state index contributed by atoms with van der Waals surface area (Å²) >= 11 is 1.40. The molecule has 112 valence electrons. The van der Waals surface area contributed by atoms with Gasteiger partial charge in [0.2, 0.25) is 11.1 Å². The third-order valence-corrected chi connectivity index (χ3v) is 4.10. The van der Waals surface area contributed by atoms with Crippen LogP contribution in [0.2, 0.25) is 0 Å². The molecule has 0 aromatic carbocycles. The lowest BCUT2D eigenvalue weighted by molar-refractivity contribution is -0.120. The Bertz CT molecular complexity index is 433. The van der Waals surface area contributed by atoms with Crippen molar-refractivity contribution in [2.45, 2.75) is 56.1 Å². The maximum absolute atomic E-state index is 11.8. The number of aromatic nitrogens is 4. The number of nitrogens with one attached hydrogen (secondary N) is 2. The van der Waals surface area contributed by atoms with Crippen molar-refractivity contribution in [3.8, 4) is 0 Å². The first kappa shape index (κ1) is 15.2. The van der Waals surface area contributed by atoms with Crippen molar-refractivity contribution in [3.63, 3.8) is 0 Å². The zero-order chi connectivity index (χ0) is 14.4. The van der Waals surface area contributed by atoms with E-state index in [2.05, 4.69) is 26.2 Å². The van der Waals surface area contributed by atoms with Gasteiger partial charge in [0.1, 0.15) is 0 Å². The molecule has 0 saturated heterocycles. The third-order valence-electron chi connectivity index (χ3n) is 3.03. The fourth-order valence-corrected chi connectivity index (χ4v) is 2.53. The van der Waals surface area contributed by atoms with Gasteiger partial charge < -0.3 is 10.6 Å². The molecule has 1 saturated carbocycles. The van der Waals surface area contributed by atoms with E-state index in [-0.39, 0.29) is 11.2 Å². The first-order chi connectivity index (χ1) is 9.70. The molecule has 1 fully saturated rings. The molecule has 0 spiro atoms. The Morgan fingerprint density at radius 2 is 2.30 bits per heavy atom. The molecule has 20 heavy (non-hydrogen) atoms. The lowest BCUT2D eigenvalue weighted by Crippen LogP contribution is -2.31. The number of hydrogen-bond acceptors (Lipinski definition) is 6. The summed E-state index contributed by atoms with van der Waals surface area (Å²) in [6, 6.07) is 0.682. The SMILES string of the molecule is CCCNC(=O)C(C)Sc1nnnn1CCNC1CC1. The van der Waals surface area contributed by atoms with E-state index < -0.39 is 0 Å². The fraction of sp³-hybridized carbons (Fsp3) is 0.833. The van der Waals surface area contributed by atoms with Crippen LogP contribution in [0.3, 0.4) is 0 Å². The van der Waals surface area contributed by atoms with Gasteiger partial charge in [-0.05, 0) is 36.6 Å². The van der Waals surface area contributed by atoms with Crippen LogP contribution < -0.4 is 10.6 Å². The van der Waals surface area contributed by atoms with Gasteiger partial charge in [0.05, 0.1) is 11.8 Å². The molecule has 8 heteroatoms. The van der Waals surface area contributed by atoms with Gasteiger partial charge in [0.15, 0.2) is 0 Å². The van der Waals surface area contributed by atoms with E-state index in [1.807, 2.05) is 13.8 Å². The van der Waals surface area contributed by atoms with Gasteiger partial charge in [-0.25, -0.2) is 4.68 Å². The minimum atomic E-state index is -0.192. The Morgan fingerprint density at radius 3 is 3.00 bits per heavy atom. The van der Waals surface area contributed by atoms with Crippen molar-refractivity contribution in [2.75, 3.05) is 13.1 Å². The van der Waals surface area contributed by atoms with Crippen molar-refractivity contribution in [2.24, 2.45) is 0 Å². The largest absolute Gasteiger partial charge is 0.355 e. The van der Waals surface area contributed by atoms with Gasteiger partial charge in [-0.15, -0.1) is 5.10 Å². The number of tetrazole rings is 1. The fourth-order valence-electron chi connectivity index (χ4n) is 1.69. The molecule has 0 aliphatic heterocycles. The Kier molecular flexibility index (Phi) is 5.78. The summed E-state index contributed by atoms with van der Waals surface area (Å²) in [5.41, 5.74) is 0. The zero-order valence-electron chi connectivity index (χ0n) is 12.0. The third kappa shape index (κ3) is 4.75. The van der Waals surface area contributed by atoms with Crippen molar-refractivity contribution >= 4 is 17.7 Å². The molecule has 7 nitrogen and oxygen atoms in total. The van der Waals surface area contributed by atoms with Gasteiger partial charge in [0.25, 0.3) is 0 Å². The number of amides is 1. The van der Waals surface area contributed by atoms with Crippen LogP contribution in [0.25, 0.3) is 0 Å². The van der Waals surface area contributed by atoms with Crippen LogP contribution in [0.1, 0.15) is 33.1 Å². The maximum Gasteiger partial charge on any atom is 0.233 e. The molecule has 1 aromatic rings. The van der Waals surface area contributed by atoms with E-state index in [4.69, 9.17) is 0 Å². The summed E-state index contributed by atoms with van der Waals surface area (Å²) in [7, 11) is 0. The molecular formula is C12H22N6OS. The summed E-state index contributed by atoms with van der Waals surface area (Å²) in [5.74, 6) is 0.0301. The molecule has 0 bridgehead atoms. The second-order valence-corrected chi connectivity index (χ2v) is 6.27. The summed E-state index contributed by atoms with van der Waals surface area (Å²) in [4.78, 5) is 11.8. The number of nitrogens with zero attached hydrogens (tertiary/aromatic N) is 4. The Labute approximate surface area is 123 Å². The number of rotatable bonds is 9. The minimum absolute atomic E-state index is 0.0301. The van der Waals surface area contributed by atoms with Crippen molar-refractivity contribution in [1.29, 1.82) is 0 Å². The summed E-state index contributed by atoms with van der Waals surface area (Å²) < 4.78 is 1.75. The molecule has 1 aliphatic rings. The first-order valence-electron chi connectivity index (χ1n) is 7.14. The molecule has 2 N–H and O–H groups in total. The van der Waals surface area contributed by atoms with Crippen LogP contribution in [-0.4, -0.2) is 50.5 Å². The Hall–Kier alpha value is -1.15. The first-order valence-corrected chi connectivity index (χ1v) is 8.02. The lowest BCUT2D eigenvalue weighted by atomic mass is 10.4. The second kappa shape index (κ2) is 7.58. The van der Waals surface area contributed by atoms with Crippen molar-refractivity contribution < 1.29 is 4.79 Å². The molecule has 1 unspecified atom stereocenters. The number of hydrogen-bond donors (Lipinski definition) is 2. The number of thioether (sulfide) groups is 1. The Morgan fingerprint density at radius 1 is 1.50 bits per heavy atom. The normalized spacial score (nSPS) is 16.1. The topological polar surface area (TPSA) is 84.7 Å². The van der Waals surface area contributed by atoms with Gasteiger partial charge in [-0.3, -0.25) is 4.79 Å². The highest BCUT2D eigenvalue weighted by Gasteiger charge is 2.21.